The highest BCUT2D eigenvalue weighted by atomic mass is 16.5. The van der Waals surface area contributed by atoms with Gasteiger partial charge in [-0.1, -0.05) is 24.3 Å². The van der Waals surface area contributed by atoms with Crippen LogP contribution in [0.4, 0.5) is 10.5 Å². The predicted molar refractivity (Wildman–Crippen MR) is 95.1 cm³/mol. The number of anilines is 1. The van der Waals surface area contributed by atoms with Gasteiger partial charge in [0.25, 0.3) is 0 Å². The Morgan fingerprint density at radius 2 is 2.12 bits per heavy atom. The maximum absolute atomic E-state index is 12.5. The Morgan fingerprint density at radius 3 is 2.96 bits per heavy atom. The van der Waals surface area contributed by atoms with Gasteiger partial charge < -0.3 is 24.8 Å². The summed E-state index contributed by atoms with van der Waals surface area (Å²) < 4.78 is 11.2. The maximum Gasteiger partial charge on any atom is 0.322 e. The van der Waals surface area contributed by atoms with Gasteiger partial charge in [-0.15, -0.1) is 0 Å². The molecule has 1 unspecified atom stereocenters. The molecule has 1 aliphatic rings. The van der Waals surface area contributed by atoms with Crippen LogP contribution in [-0.2, 0) is 4.74 Å². The minimum atomic E-state index is -0.674. The van der Waals surface area contributed by atoms with Crippen LogP contribution in [0.3, 0.4) is 0 Å². The lowest BCUT2D eigenvalue weighted by Gasteiger charge is -2.22. The molecule has 0 aromatic heterocycles. The Morgan fingerprint density at radius 1 is 1.28 bits per heavy atom. The largest absolute Gasteiger partial charge is 0.455 e. The van der Waals surface area contributed by atoms with Crippen molar-refractivity contribution in [2.45, 2.75) is 13.0 Å². The lowest BCUT2D eigenvalue weighted by Crippen LogP contribution is -2.40. The van der Waals surface area contributed by atoms with E-state index in [4.69, 9.17) is 9.47 Å². The molecular weight excluding hydrogens is 320 g/mol. The zero-order valence-electron chi connectivity index (χ0n) is 14.1. The Kier molecular flexibility index (Phi) is 5.53. The average Bonchev–Trinajstić information content (AvgIpc) is 2.81. The van der Waals surface area contributed by atoms with E-state index in [-0.39, 0.29) is 19.2 Å². The molecule has 1 aliphatic heterocycles. The molecule has 25 heavy (non-hydrogen) atoms. The number of aliphatic hydroxyl groups excluding tert-OH is 1. The molecule has 1 saturated heterocycles. The number of nitrogens with zero attached hydrogens (tertiary/aromatic N) is 1. The fourth-order valence-electron chi connectivity index (χ4n) is 2.64. The van der Waals surface area contributed by atoms with Crippen LogP contribution in [-0.4, -0.2) is 48.4 Å². The number of amides is 2. The summed E-state index contributed by atoms with van der Waals surface area (Å²) in [6, 6.07) is 14.7. The van der Waals surface area contributed by atoms with Crippen LogP contribution >= 0.6 is 0 Å². The second-order valence-electron chi connectivity index (χ2n) is 6.02. The molecule has 6 nitrogen and oxygen atoms in total. The number of benzene rings is 2. The minimum Gasteiger partial charge on any atom is -0.455 e. The van der Waals surface area contributed by atoms with Crippen molar-refractivity contribution >= 4 is 11.7 Å². The zero-order valence-corrected chi connectivity index (χ0v) is 14.1. The summed E-state index contributed by atoms with van der Waals surface area (Å²) in [5, 5.41) is 12.6. The molecular formula is C19H22N2O4. The number of carbonyl (C=O) groups is 1. The molecule has 0 radical (unpaired) electrons. The monoisotopic (exact) mass is 342 g/mol. The van der Waals surface area contributed by atoms with Gasteiger partial charge in [-0.2, -0.15) is 0 Å². The van der Waals surface area contributed by atoms with Crippen molar-refractivity contribution in [2.24, 2.45) is 0 Å². The summed E-state index contributed by atoms with van der Waals surface area (Å²) in [5.41, 5.74) is 1.67. The van der Waals surface area contributed by atoms with Crippen molar-refractivity contribution in [3.05, 3.63) is 54.1 Å². The van der Waals surface area contributed by atoms with E-state index in [1.54, 1.807) is 17.0 Å². The highest BCUT2D eigenvalue weighted by Gasteiger charge is 2.21. The molecule has 0 saturated carbocycles. The number of carbonyl (C=O) groups excluding carboxylic acids is 1. The van der Waals surface area contributed by atoms with Gasteiger partial charge >= 0.3 is 6.03 Å². The number of ether oxygens (including phenoxy) is 2. The number of urea groups is 1. The number of aliphatic hydroxyl groups is 1. The molecule has 1 atom stereocenters. The van der Waals surface area contributed by atoms with E-state index >= 15 is 0 Å². The van der Waals surface area contributed by atoms with Crippen molar-refractivity contribution in [1.29, 1.82) is 0 Å². The summed E-state index contributed by atoms with van der Waals surface area (Å²) in [6.07, 6.45) is -0.674. The first kappa shape index (κ1) is 17.3. The summed E-state index contributed by atoms with van der Waals surface area (Å²) in [5.74, 6) is 1.27. The molecule has 3 rings (SSSR count). The molecule has 2 amide bonds. The van der Waals surface area contributed by atoms with Crippen LogP contribution < -0.4 is 10.1 Å². The van der Waals surface area contributed by atoms with Crippen LogP contribution in [0.5, 0.6) is 11.5 Å². The zero-order chi connectivity index (χ0) is 17.6. The number of hydrogen-bond donors (Lipinski definition) is 2. The first-order valence-corrected chi connectivity index (χ1v) is 8.27. The van der Waals surface area contributed by atoms with E-state index in [0.29, 0.717) is 30.3 Å². The summed E-state index contributed by atoms with van der Waals surface area (Å²) in [7, 11) is 0. The standard InChI is InChI=1S/C19H22N2O4/c1-14-5-4-6-16(11-14)25-18-8-3-2-7-17(18)20-19(23)21-9-10-24-13-15(22)12-21/h2-8,11,15,22H,9-10,12-13H2,1H3,(H,20,23). The Labute approximate surface area is 147 Å². The Hall–Kier alpha value is -2.57. The molecule has 132 valence electrons. The molecule has 2 aromatic carbocycles. The molecule has 6 heteroatoms. The molecule has 0 bridgehead atoms. The maximum atomic E-state index is 12.5. The molecule has 1 heterocycles. The van der Waals surface area contributed by atoms with Crippen molar-refractivity contribution in [3.8, 4) is 11.5 Å². The van der Waals surface area contributed by atoms with E-state index < -0.39 is 6.10 Å². The SMILES string of the molecule is Cc1cccc(Oc2ccccc2NC(=O)N2CCOCC(O)C2)c1. The first-order valence-electron chi connectivity index (χ1n) is 8.27. The van der Waals surface area contributed by atoms with Gasteiger partial charge in [0.1, 0.15) is 5.75 Å². The molecule has 1 fully saturated rings. The van der Waals surface area contributed by atoms with Crippen LogP contribution in [0.2, 0.25) is 0 Å². The number of β-amino-alcohol motifs (C(OH)–C–C–N with tert-alkyl or cyclic N) is 1. The van der Waals surface area contributed by atoms with Gasteiger partial charge in [-0.05, 0) is 36.8 Å². The fourth-order valence-corrected chi connectivity index (χ4v) is 2.64. The quantitative estimate of drug-likeness (QED) is 0.899. The topological polar surface area (TPSA) is 71.0 Å². The van der Waals surface area contributed by atoms with Gasteiger partial charge in [-0.25, -0.2) is 4.79 Å². The van der Waals surface area contributed by atoms with Crippen molar-refractivity contribution < 1.29 is 19.4 Å². The second-order valence-corrected chi connectivity index (χ2v) is 6.02. The Bertz CT molecular complexity index is 735. The third-order valence-electron chi connectivity index (χ3n) is 3.88. The second kappa shape index (κ2) is 8.00. The number of para-hydroxylation sites is 2. The summed E-state index contributed by atoms with van der Waals surface area (Å²) in [4.78, 5) is 14.1. The van der Waals surface area contributed by atoms with Gasteiger partial charge in [0.2, 0.25) is 0 Å². The highest BCUT2D eigenvalue weighted by molar-refractivity contribution is 5.91. The number of aryl methyl sites for hydroxylation is 1. The van der Waals surface area contributed by atoms with Crippen LogP contribution in [0.1, 0.15) is 5.56 Å². The van der Waals surface area contributed by atoms with E-state index in [2.05, 4.69) is 5.32 Å². The molecule has 0 aliphatic carbocycles. The predicted octanol–water partition coefficient (Wildman–Crippen LogP) is 3.01. The van der Waals surface area contributed by atoms with Crippen LogP contribution in [0.15, 0.2) is 48.5 Å². The lowest BCUT2D eigenvalue weighted by atomic mass is 10.2. The van der Waals surface area contributed by atoms with Gasteiger partial charge in [0, 0.05) is 6.54 Å². The third kappa shape index (κ3) is 4.71. The van der Waals surface area contributed by atoms with E-state index in [1.807, 2.05) is 43.3 Å². The van der Waals surface area contributed by atoms with E-state index in [9.17, 15) is 9.90 Å². The molecule has 2 aromatic rings. The normalized spacial score (nSPS) is 17.7. The molecule has 2 N–H and O–H groups in total. The smallest absolute Gasteiger partial charge is 0.322 e. The number of hydrogen-bond acceptors (Lipinski definition) is 4. The average molecular weight is 342 g/mol. The van der Waals surface area contributed by atoms with Crippen LogP contribution in [0.25, 0.3) is 0 Å². The number of nitrogens with one attached hydrogen (secondary N) is 1. The first-order chi connectivity index (χ1) is 12.1. The van der Waals surface area contributed by atoms with Crippen molar-refractivity contribution in [2.75, 3.05) is 31.6 Å². The summed E-state index contributed by atoms with van der Waals surface area (Å²) >= 11 is 0. The third-order valence-corrected chi connectivity index (χ3v) is 3.88. The Balaban J connectivity index is 1.73. The fraction of sp³-hybridized carbons (Fsp3) is 0.316. The van der Waals surface area contributed by atoms with Crippen molar-refractivity contribution in [3.63, 3.8) is 0 Å². The lowest BCUT2D eigenvalue weighted by molar-refractivity contribution is 0.0575. The van der Waals surface area contributed by atoms with Crippen molar-refractivity contribution in [1.82, 2.24) is 4.90 Å². The minimum absolute atomic E-state index is 0.243. The highest BCUT2D eigenvalue weighted by Crippen LogP contribution is 2.29. The van der Waals surface area contributed by atoms with Crippen LogP contribution in [0, 0.1) is 6.92 Å². The number of rotatable bonds is 3. The molecule has 0 spiro atoms. The van der Waals surface area contributed by atoms with Gasteiger partial charge in [-0.3, -0.25) is 0 Å². The summed E-state index contributed by atoms with van der Waals surface area (Å²) in [6.45, 7) is 3.33. The van der Waals surface area contributed by atoms with Gasteiger partial charge in [0.05, 0.1) is 31.5 Å². The van der Waals surface area contributed by atoms with Gasteiger partial charge in [0.15, 0.2) is 5.75 Å². The van der Waals surface area contributed by atoms with E-state index in [1.165, 1.54) is 0 Å². The van der Waals surface area contributed by atoms with E-state index in [0.717, 1.165) is 5.56 Å².